The minimum Gasteiger partial charge on any atom is -0.481 e. The maximum Gasteiger partial charge on any atom is 0.303 e. The summed E-state index contributed by atoms with van der Waals surface area (Å²) in [6, 6.07) is 16.5. The Morgan fingerprint density at radius 3 is 2.70 bits per heavy atom. The molecule has 0 radical (unpaired) electrons. The summed E-state index contributed by atoms with van der Waals surface area (Å²) in [7, 11) is 0. The molecule has 0 aliphatic carbocycles. The van der Waals surface area contributed by atoms with E-state index in [0.29, 0.717) is 53.1 Å². The third kappa shape index (κ3) is 5.20. The van der Waals surface area contributed by atoms with Gasteiger partial charge in [0.2, 0.25) is 0 Å². The zero-order valence-electron chi connectivity index (χ0n) is 21.0. The van der Waals surface area contributed by atoms with E-state index >= 15 is 0 Å². The lowest BCUT2D eigenvalue weighted by molar-refractivity contribution is -0.137. The molecule has 1 N–H and O–H groups in total. The summed E-state index contributed by atoms with van der Waals surface area (Å²) in [6.07, 6.45) is 1.56. The number of aromatic nitrogens is 3. The number of hydrogen-bond donors (Lipinski definition) is 1. The third-order valence-corrected chi connectivity index (χ3v) is 8.05. The van der Waals surface area contributed by atoms with Gasteiger partial charge < -0.3 is 9.94 Å². The van der Waals surface area contributed by atoms with Gasteiger partial charge in [-0.15, -0.1) is 11.3 Å². The van der Waals surface area contributed by atoms with Gasteiger partial charge >= 0.3 is 5.97 Å². The van der Waals surface area contributed by atoms with Gasteiger partial charge in [0, 0.05) is 29.8 Å². The van der Waals surface area contributed by atoms with Crippen LogP contribution in [0.25, 0.3) is 26.8 Å². The smallest absolute Gasteiger partial charge is 0.303 e. The summed E-state index contributed by atoms with van der Waals surface area (Å²) in [4.78, 5) is 39.8. The maximum absolute atomic E-state index is 13.6. The monoisotopic (exact) mass is 576 g/mol. The quantitative estimate of drug-likeness (QED) is 0.213. The number of oxime groups is 1. The first kappa shape index (κ1) is 26.1. The Balaban J connectivity index is 1.32. The molecule has 3 aromatic carbocycles. The highest BCUT2D eigenvalue weighted by molar-refractivity contribution is 7.18. The molecular formula is C29H22ClFN4O4S. The number of carbonyl (C=O) groups is 1. The number of rotatable bonds is 8. The number of benzene rings is 3. The second-order valence-corrected chi connectivity index (χ2v) is 11.0. The van der Waals surface area contributed by atoms with Gasteiger partial charge in [-0.2, -0.15) is 0 Å². The molecule has 1 aliphatic rings. The number of hydrogen-bond acceptors (Lipinski definition) is 7. The van der Waals surface area contributed by atoms with Gasteiger partial charge in [-0.1, -0.05) is 22.8 Å². The van der Waals surface area contributed by atoms with E-state index in [2.05, 4.69) is 10.1 Å². The van der Waals surface area contributed by atoms with Crippen LogP contribution < -0.4 is 5.56 Å². The minimum atomic E-state index is -0.875. The molecular weight excluding hydrogens is 555 g/mol. The number of carboxylic acids is 1. The molecule has 0 saturated heterocycles. The van der Waals surface area contributed by atoms with Crippen LogP contribution >= 0.6 is 22.9 Å². The topological polar surface area (TPSA) is 107 Å². The predicted octanol–water partition coefficient (Wildman–Crippen LogP) is 6.45. The van der Waals surface area contributed by atoms with Crippen molar-refractivity contribution in [2.24, 2.45) is 5.16 Å². The van der Waals surface area contributed by atoms with Crippen LogP contribution in [0.5, 0.6) is 0 Å². The molecule has 1 aliphatic heterocycles. The number of fused-ring (bicyclic) bond motifs is 2. The molecule has 11 heteroatoms. The van der Waals surface area contributed by atoms with Crippen molar-refractivity contribution in [3.05, 3.63) is 98.3 Å². The van der Waals surface area contributed by atoms with Crippen molar-refractivity contribution in [2.45, 2.75) is 38.2 Å². The van der Waals surface area contributed by atoms with E-state index in [-0.39, 0.29) is 18.1 Å². The Morgan fingerprint density at radius 2 is 1.90 bits per heavy atom. The first-order valence-electron chi connectivity index (χ1n) is 12.7. The number of carboxylic acid groups (broad SMARTS) is 1. The minimum absolute atomic E-state index is 0.0290. The molecule has 202 valence electrons. The molecule has 1 unspecified atom stereocenters. The average molecular weight is 577 g/mol. The lowest BCUT2D eigenvalue weighted by atomic mass is 10.0. The number of nitrogens with zero attached hydrogens (tertiary/aromatic N) is 4. The first-order chi connectivity index (χ1) is 19.4. The van der Waals surface area contributed by atoms with Crippen molar-refractivity contribution in [1.82, 2.24) is 14.5 Å². The van der Waals surface area contributed by atoms with E-state index in [0.717, 1.165) is 26.5 Å². The largest absolute Gasteiger partial charge is 0.481 e. The summed E-state index contributed by atoms with van der Waals surface area (Å²) in [5.41, 5.74) is 3.05. The van der Waals surface area contributed by atoms with Crippen LogP contribution in [-0.2, 0) is 16.1 Å². The highest BCUT2D eigenvalue weighted by atomic mass is 35.5. The fourth-order valence-electron chi connectivity index (χ4n) is 4.73. The molecule has 8 nitrogen and oxygen atoms in total. The molecule has 0 fully saturated rings. The van der Waals surface area contributed by atoms with Gasteiger partial charge in [0.25, 0.3) is 5.56 Å². The van der Waals surface area contributed by atoms with Gasteiger partial charge in [0.15, 0.2) is 6.10 Å². The Morgan fingerprint density at radius 1 is 1.07 bits per heavy atom. The molecule has 40 heavy (non-hydrogen) atoms. The summed E-state index contributed by atoms with van der Waals surface area (Å²) >= 11 is 7.63. The fraction of sp³-hybridized carbons (Fsp3) is 0.207. The van der Waals surface area contributed by atoms with E-state index in [9.17, 15) is 14.0 Å². The number of aliphatic carboxylic acids is 1. The number of halogens is 2. The molecule has 5 aromatic rings. The van der Waals surface area contributed by atoms with Crippen LogP contribution in [0.1, 0.15) is 48.2 Å². The first-order valence-corrected chi connectivity index (χ1v) is 13.9. The van der Waals surface area contributed by atoms with Crippen LogP contribution in [0.4, 0.5) is 4.39 Å². The zero-order valence-corrected chi connectivity index (χ0v) is 22.6. The molecule has 0 spiro atoms. The van der Waals surface area contributed by atoms with Gasteiger partial charge in [-0.05, 0) is 67.4 Å². The number of aryl methyl sites for hydroxylation is 1. The lowest BCUT2D eigenvalue weighted by Crippen LogP contribution is -2.24. The third-order valence-electron chi connectivity index (χ3n) is 6.71. The Hall–Kier alpha value is -4.15. The average Bonchev–Trinajstić information content (AvgIpc) is 3.59. The lowest BCUT2D eigenvalue weighted by Gasteiger charge is -2.14. The molecule has 0 saturated carbocycles. The second kappa shape index (κ2) is 10.8. The molecule has 3 heterocycles. The van der Waals surface area contributed by atoms with Crippen molar-refractivity contribution in [3.63, 3.8) is 0 Å². The fourth-order valence-corrected chi connectivity index (χ4v) is 6.00. The van der Waals surface area contributed by atoms with E-state index in [1.54, 1.807) is 12.1 Å². The molecule has 0 amide bonds. The van der Waals surface area contributed by atoms with Crippen LogP contribution in [0.2, 0.25) is 5.02 Å². The summed E-state index contributed by atoms with van der Waals surface area (Å²) in [5.74, 6) is -0.812. The van der Waals surface area contributed by atoms with Crippen LogP contribution in [0, 0.1) is 5.82 Å². The zero-order chi connectivity index (χ0) is 27.8. The summed E-state index contributed by atoms with van der Waals surface area (Å²) in [6.45, 7) is 0. The molecule has 0 bridgehead atoms. The van der Waals surface area contributed by atoms with Crippen molar-refractivity contribution >= 4 is 55.7 Å². The Bertz CT molecular complexity index is 1850. The molecule has 1 atom stereocenters. The molecule has 2 aromatic heterocycles. The van der Waals surface area contributed by atoms with Gasteiger partial charge in [-0.3, -0.25) is 14.2 Å². The van der Waals surface area contributed by atoms with E-state index < -0.39 is 11.8 Å². The molecule has 6 rings (SSSR count). The normalized spacial score (nSPS) is 14.9. The maximum atomic E-state index is 13.6. The number of unbranched alkanes of at least 4 members (excludes halogenated alkanes) is 1. The van der Waals surface area contributed by atoms with Crippen LogP contribution in [-0.4, -0.2) is 31.3 Å². The highest BCUT2D eigenvalue weighted by Gasteiger charge is 2.27. The van der Waals surface area contributed by atoms with Gasteiger partial charge in [0.05, 0.1) is 32.5 Å². The van der Waals surface area contributed by atoms with E-state index in [1.165, 1.54) is 40.2 Å². The predicted molar refractivity (Wildman–Crippen MR) is 152 cm³/mol. The van der Waals surface area contributed by atoms with Crippen molar-refractivity contribution < 1.29 is 19.1 Å². The standard InChI is InChI=1S/C29H22ClFN4O4S/c30-17-6-12-21-25(14-17)40-28(33-21)24-15-22(34-39-24)16-5-11-20-23(13-16)32-26(3-1-2-4-27(36)37)35(29(20)38)19-9-7-18(31)8-10-19/h5-14,24H,1-4,15H2,(H,36,37). The van der Waals surface area contributed by atoms with Crippen LogP contribution in [0.3, 0.4) is 0 Å². The number of thiazole rings is 1. The SMILES string of the molecule is O=C(O)CCCCc1nc2cc(C3=NOC(c4nc5ccc(Cl)cc5s4)C3)ccc2c(=O)n1-c1ccc(F)cc1. The summed E-state index contributed by atoms with van der Waals surface area (Å²) in [5, 5.41) is 15.2. The Kier molecular flexibility index (Phi) is 7.03. The van der Waals surface area contributed by atoms with Crippen LogP contribution in [0.15, 0.2) is 70.6 Å². The van der Waals surface area contributed by atoms with Crippen molar-refractivity contribution in [2.75, 3.05) is 0 Å². The van der Waals surface area contributed by atoms with E-state index in [4.69, 9.17) is 26.5 Å². The van der Waals surface area contributed by atoms with Crippen molar-refractivity contribution in [1.29, 1.82) is 0 Å². The van der Waals surface area contributed by atoms with Crippen molar-refractivity contribution in [3.8, 4) is 5.69 Å². The highest BCUT2D eigenvalue weighted by Crippen LogP contribution is 2.35. The summed E-state index contributed by atoms with van der Waals surface area (Å²) < 4.78 is 16.0. The Labute approximate surface area is 236 Å². The van der Waals surface area contributed by atoms with Gasteiger partial charge in [-0.25, -0.2) is 14.4 Å². The van der Waals surface area contributed by atoms with Gasteiger partial charge in [0.1, 0.15) is 16.6 Å². The second-order valence-electron chi connectivity index (χ2n) is 9.48. The van der Waals surface area contributed by atoms with E-state index in [1.807, 2.05) is 24.3 Å².